The van der Waals surface area contributed by atoms with Crippen LogP contribution in [0.4, 0.5) is 13.2 Å². The zero-order valence-electron chi connectivity index (χ0n) is 8.98. The Morgan fingerprint density at radius 1 is 1.20 bits per heavy atom. The van der Waals surface area contributed by atoms with Gasteiger partial charge in [0.25, 0.3) is 0 Å². The van der Waals surface area contributed by atoms with E-state index in [2.05, 4.69) is 5.10 Å². The van der Waals surface area contributed by atoms with Gasteiger partial charge in [-0.3, -0.25) is 0 Å². The molecule has 1 rings (SSSR count). The van der Waals surface area contributed by atoms with Crippen LogP contribution in [0.1, 0.15) is 32.0 Å². The molecule has 0 atom stereocenters. The predicted molar refractivity (Wildman–Crippen MR) is 48.6 cm³/mol. The van der Waals surface area contributed by atoms with E-state index in [1.54, 1.807) is 20.8 Å². The standard InChI is InChI=1S/C9H13F3N2O/c1-8(2,3)5-6(9(10,11)12)13-14(4)7(5)15/h15H,1-4H3. The SMILES string of the molecule is Cn1nc(C(F)(F)F)c(C(C)(C)C)c1O. The lowest BCUT2D eigenvalue weighted by atomic mass is 9.86. The minimum absolute atomic E-state index is 0.169. The Hall–Kier alpha value is -1.20. The van der Waals surface area contributed by atoms with Gasteiger partial charge < -0.3 is 5.11 Å². The van der Waals surface area contributed by atoms with Crippen LogP contribution in [0.5, 0.6) is 5.88 Å². The van der Waals surface area contributed by atoms with Gasteiger partial charge in [0.2, 0.25) is 5.88 Å². The van der Waals surface area contributed by atoms with Crippen LogP contribution in [-0.4, -0.2) is 14.9 Å². The van der Waals surface area contributed by atoms with E-state index in [-0.39, 0.29) is 5.56 Å². The summed E-state index contributed by atoms with van der Waals surface area (Å²) in [6, 6.07) is 0. The number of hydrogen-bond donors (Lipinski definition) is 1. The maximum Gasteiger partial charge on any atom is 0.435 e. The van der Waals surface area contributed by atoms with Crippen LogP contribution >= 0.6 is 0 Å². The van der Waals surface area contributed by atoms with E-state index >= 15 is 0 Å². The molecule has 1 heterocycles. The van der Waals surface area contributed by atoms with Crippen LogP contribution in [0.3, 0.4) is 0 Å². The summed E-state index contributed by atoms with van der Waals surface area (Å²) >= 11 is 0. The minimum atomic E-state index is -4.54. The Labute approximate surface area is 85.5 Å². The van der Waals surface area contributed by atoms with Crippen LogP contribution in [0, 0.1) is 0 Å². The molecule has 0 aromatic carbocycles. The van der Waals surface area contributed by atoms with Gasteiger partial charge in [-0.05, 0) is 5.41 Å². The molecule has 0 aliphatic carbocycles. The molecule has 0 spiro atoms. The summed E-state index contributed by atoms with van der Waals surface area (Å²) in [7, 11) is 1.28. The Morgan fingerprint density at radius 2 is 1.67 bits per heavy atom. The van der Waals surface area contributed by atoms with Crippen LogP contribution in [0.15, 0.2) is 0 Å². The first-order valence-corrected chi connectivity index (χ1v) is 4.38. The van der Waals surface area contributed by atoms with Crippen molar-refractivity contribution < 1.29 is 18.3 Å². The first-order chi connectivity index (χ1) is 6.55. The maximum atomic E-state index is 12.6. The van der Waals surface area contributed by atoms with Crippen molar-refractivity contribution in [2.24, 2.45) is 7.05 Å². The normalized spacial score (nSPS) is 13.3. The number of aryl methyl sites for hydroxylation is 1. The van der Waals surface area contributed by atoms with Gasteiger partial charge >= 0.3 is 6.18 Å². The molecule has 15 heavy (non-hydrogen) atoms. The van der Waals surface area contributed by atoms with Crippen molar-refractivity contribution in [3.8, 4) is 5.88 Å². The van der Waals surface area contributed by atoms with E-state index in [1.165, 1.54) is 7.05 Å². The van der Waals surface area contributed by atoms with Gasteiger partial charge in [0, 0.05) is 7.05 Å². The molecule has 1 aromatic rings. The lowest BCUT2D eigenvalue weighted by Crippen LogP contribution is -2.18. The fourth-order valence-electron chi connectivity index (χ4n) is 1.40. The Balaban J connectivity index is 3.48. The molecule has 6 heteroatoms. The average Bonchev–Trinajstić information content (AvgIpc) is 2.25. The summed E-state index contributed by atoms with van der Waals surface area (Å²) in [6.45, 7) is 4.79. The number of rotatable bonds is 0. The number of halogens is 3. The second kappa shape index (κ2) is 3.15. The highest BCUT2D eigenvalue weighted by molar-refractivity contribution is 5.38. The first-order valence-electron chi connectivity index (χ1n) is 4.38. The number of alkyl halides is 3. The van der Waals surface area contributed by atoms with E-state index in [0.717, 1.165) is 4.68 Å². The molecule has 0 saturated carbocycles. The Morgan fingerprint density at radius 3 is 1.93 bits per heavy atom. The second-order valence-corrected chi connectivity index (χ2v) is 4.42. The van der Waals surface area contributed by atoms with Crippen molar-refractivity contribution in [2.45, 2.75) is 32.4 Å². The van der Waals surface area contributed by atoms with E-state index in [0.29, 0.717) is 0 Å². The molecule has 0 unspecified atom stereocenters. The van der Waals surface area contributed by atoms with Gasteiger partial charge in [-0.15, -0.1) is 0 Å². The van der Waals surface area contributed by atoms with Gasteiger partial charge in [-0.25, -0.2) is 4.68 Å². The van der Waals surface area contributed by atoms with Crippen molar-refractivity contribution in [1.29, 1.82) is 0 Å². The lowest BCUT2D eigenvalue weighted by molar-refractivity contribution is -0.142. The van der Waals surface area contributed by atoms with Gasteiger partial charge in [0.15, 0.2) is 5.69 Å². The van der Waals surface area contributed by atoms with Gasteiger partial charge in [0.1, 0.15) is 0 Å². The molecule has 1 aromatic heterocycles. The maximum absolute atomic E-state index is 12.6. The van der Waals surface area contributed by atoms with Crippen molar-refractivity contribution in [3.05, 3.63) is 11.3 Å². The fourth-order valence-corrected chi connectivity index (χ4v) is 1.40. The highest BCUT2D eigenvalue weighted by atomic mass is 19.4. The minimum Gasteiger partial charge on any atom is -0.493 e. The number of nitrogens with zero attached hydrogens (tertiary/aromatic N) is 2. The molecule has 0 radical (unpaired) electrons. The summed E-state index contributed by atoms with van der Waals surface area (Å²) in [5, 5.41) is 12.8. The van der Waals surface area contributed by atoms with E-state index in [4.69, 9.17) is 0 Å². The van der Waals surface area contributed by atoms with Crippen LogP contribution in [0.25, 0.3) is 0 Å². The lowest BCUT2D eigenvalue weighted by Gasteiger charge is -2.19. The van der Waals surface area contributed by atoms with Crippen molar-refractivity contribution in [3.63, 3.8) is 0 Å². The smallest absolute Gasteiger partial charge is 0.435 e. The summed E-state index contributed by atoms with van der Waals surface area (Å²) in [4.78, 5) is 0. The summed E-state index contributed by atoms with van der Waals surface area (Å²) in [6.07, 6.45) is -4.54. The molecule has 0 aliphatic heterocycles. The van der Waals surface area contributed by atoms with E-state index in [9.17, 15) is 18.3 Å². The van der Waals surface area contributed by atoms with E-state index in [1.807, 2.05) is 0 Å². The Bertz CT molecular complexity index is 374. The van der Waals surface area contributed by atoms with Gasteiger partial charge in [0.05, 0.1) is 5.56 Å². The molecular formula is C9H13F3N2O. The summed E-state index contributed by atoms with van der Waals surface area (Å²) < 4.78 is 38.6. The molecular weight excluding hydrogens is 209 g/mol. The second-order valence-electron chi connectivity index (χ2n) is 4.42. The first kappa shape index (κ1) is 11.9. The predicted octanol–water partition coefficient (Wildman–Crippen LogP) is 2.44. The number of aromatic nitrogens is 2. The fraction of sp³-hybridized carbons (Fsp3) is 0.667. The monoisotopic (exact) mass is 222 g/mol. The van der Waals surface area contributed by atoms with Crippen molar-refractivity contribution in [1.82, 2.24) is 9.78 Å². The highest BCUT2D eigenvalue weighted by Gasteiger charge is 2.42. The molecule has 1 N–H and O–H groups in total. The van der Waals surface area contributed by atoms with Gasteiger partial charge in [-0.2, -0.15) is 18.3 Å². The molecule has 86 valence electrons. The quantitative estimate of drug-likeness (QED) is 0.732. The van der Waals surface area contributed by atoms with E-state index < -0.39 is 23.2 Å². The molecule has 0 bridgehead atoms. The third-order valence-corrected chi connectivity index (χ3v) is 2.04. The molecule has 0 aliphatic rings. The summed E-state index contributed by atoms with van der Waals surface area (Å²) in [5.41, 5.74) is -1.99. The molecule has 3 nitrogen and oxygen atoms in total. The van der Waals surface area contributed by atoms with Crippen LogP contribution in [0.2, 0.25) is 0 Å². The van der Waals surface area contributed by atoms with Crippen LogP contribution < -0.4 is 0 Å². The van der Waals surface area contributed by atoms with Crippen molar-refractivity contribution >= 4 is 0 Å². The number of hydrogen-bond acceptors (Lipinski definition) is 2. The van der Waals surface area contributed by atoms with Crippen molar-refractivity contribution in [2.75, 3.05) is 0 Å². The molecule has 0 fully saturated rings. The van der Waals surface area contributed by atoms with Gasteiger partial charge in [-0.1, -0.05) is 20.8 Å². The Kier molecular flexibility index (Phi) is 2.49. The third kappa shape index (κ3) is 2.08. The zero-order valence-corrected chi connectivity index (χ0v) is 8.98. The molecule has 0 saturated heterocycles. The third-order valence-electron chi connectivity index (χ3n) is 2.04. The highest BCUT2D eigenvalue weighted by Crippen LogP contribution is 2.40. The topological polar surface area (TPSA) is 38.0 Å². The largest absolute Gasteiger partial charge is 0.493 e. The average molecular weight is 222 g/mol. The molecule has 0 amide bonds. The summed E-state index contributed by atoms with van der Waals surface area (Å²) in [5.74, 6) is -0.435. The zero-order chi connectivity index (χ0) is 12.0. The van der Waals surface area contributed by atoms with Crippen LogP contribution in [-0.2, 0) is 18.6 Å². The number of aromatic hydroxyl groups is 1.